The molecule has 0 aliphatic carbocycles. The monoisotopic (exact) mass is 393 g/mol. The van der Waals surface area contributed by atoms with Crippen LogP contribution in [0.4, 0.5) is 11.4 Å². The van der Waals surface area contributed by atoms with Crippen LogP contribution in [0.15, 0.2) is 28.8 Å². The van der Waals surface area contributed by atoms with Gasteiger partial charge in [0.25, 0.3) is 11.6 Å². The average Bonchev–Trinajstić information content (AvgIpc) is 2.93. The summed E-state index contributed by atoms with van der Waals surface area (Å²) < 4.78 is 10.1. The smallest absolute Gasteiger partial charge is 0.316 e. The van der Waals surface area contributed by atoms with Crippen molar-refractivity contribution >= 4 is 35.0 Å². The molecule has 0 unspecified atom stereocenters. The quantitative estimate of drug-likeness (QED) is 0.412. The largest absolute Gasteiger partial charge is 0.452 e. The molecule has 144 valence electrons. The molecule has 0 aliphatic rings. The number of amides is 1. The number of carbonyl (C=O) groups is 2. The predicted octanol–water partition coefficient (Wildman–Crippen LogP) is 3.00. The molecule has 1 aromatic carbocycles. The number of ether oxygens (including phenoxy) is 1. The Balaban J connectivity index is 1.83. The van der Waals surface area contributed by atoms with Gasteiger partial charge in [-0.15, -0.1) is 11.8 Å². The van der Waals surface area contributed by atoms with Gasteiger partial charge in [-0.3, -0.25) is 19.7 Å². The molecular formula is C17H19N3O6S. The molecule has 0 saturated heterocycles. The summed E-state index contributed by atoms with van der Waals surface area (Å²) in [4.78, 5) is 34.4. The summed E-state index contributed by atoms with van der Waals surface area (Å²) in [5, 5.41) is 17.2. The number of esters is 1. The number of hydrogen-bond acceptors (Lipinski definition) is 8. The van der Waals surface area contributed by atoms with Gasteiger partial charge in [0.1, 0.15) is 11.4 Å². The third kappa shape index (κ3) is 5.55. The van der Waals surface area contributed by atoms with Crippen molar-refractivity contribution in [3.63, 3.8) is 0 Å². The Morgan fingerprint density at radius 2 is 2.07 bits per heavy atom. The van der Waals surface area contributed by atoms with Gasteiger partial charge >= 0.3 is 5.97 Å². The minimum atomic E-state index is -1.09. The number of thioether (sulfide) groups is 1. The lowest BCUT2D eigenvalue weighted by Crippen LogP contribution is -2.30. The molecule has 1 heterocycles. The third-order valence-corrected chi connectivity index (χ3v) is 4.62. The number of nitro groups is 1. The van der Waals surface area contributed by atoms with E-state index in [4.69, 9.17) is 9.26 Å². The van der Waals surface area contributed by atoms with Crippen LogP contribution in [-0.2, 0) is 20.1 Å². The number of aryl methyl sites for hydroxylation is 2. The molecule has 1 amide bonds. The fraction of sp³-hybridized carbons (Fsp3) is 0.353. The van der Waals surface area contributed by atoms with Crippen molar-refractivity contribution in [2.24, 2.45) is 0 Å². The van der Waals surface area contributed by atoms with Crippen LogP contribution in [0.25, 0.3) is 0 Å². The molecule has 0 saturated carbocycles. The van der Waals surface area contributed by atoms with E-state index in [1.807, 2.05) is 6.92 Å². The van der Waals surface area contributed by atoms with Gasteiger partial charge in [0.05, 0.1) is 16.4 Å². The molecule has 1 atom stereocenters. The van der Waals surface area contributed by atoms with E-state index in [1.54, 1.807) is 13.0 Å². The Bertz CT molecular complexity index is 831. The van der Waals surface area contributed by atoms with Crippen molar-refractivity contribution in [1.29, 1.82) is 0 Å². The molecule has 1 N–H and O–H groups in total. The maximum absolute atomic E-state index is 12.1. The number of nitrogens with zero attached hydrogens (tertiary/aromatic N) is 2. The van der Waals surface area contributed by atoms with Gasteiger partial charge in [0.15, 0.2) is 6.10 Å². The van der Waals surface area contributed by atoms with E-state index in [0.717, 1.165) is 11.3 Å². The first kappa shape index (κ1) is 20.4. The van der Waals surface area contributed by atoms with Crippen molar-refractivity contribution in [3.05, 3.63) is 51.4 Å². The molecule has 2 rings (SSSR count). The topological polar surface area (TPSA) is 125 Å². The lowest BCUT2D eigenvalue weighted by molar-refractivity contribution is -0.383. The summed E-state index contributed by atoms with van der Waals surface area (Å²) in [6.45, 7) is 5.02. The van der Waals surface area contributed by atoms with Crippen molar-refractivity contribution in [2.45, 2.75) is 32.6 Å². The van der Waals surface area contributed by atoms with Crippen molar-refractivity contribution in [1.82, 2.24) is 5.16 Å². The maximum Gasteiger partial charge on any atom is 0.316 e. The van der Waals surface area contributed by atoms with E-state index >= 15 is 0 Å². The molecule has 0 spiro atoms. The second-order valence-electron chi connectivity index (χ2n) is 5.69. The molecule has 2 aromatic rings. The SMILES string of the molecule is Cc1noc(C)c1CSCC(=O)O[C@H](C)C(=O)Nc1ccccc1[N+](=O)[O-]. The number of rotatable bonds is 8. The second kappa shape index (κ2) is 9.17. The highest BCUT2D eigenvalue weighted by Crippen LogP contribution is 2.23. The Kier molecular flexibility index (Phi) is 6.94. The molecule has 0 fully saturated rings. The highest BCUT2D eigenvalue weighted by Gasteiger charge is 2.21. The van der Waals surface area contributed by atoms with Crippen LogP contribution in [0.3, 0.4) is 0 Å². The van der Waals surface area contributed by atoms with Crippen LogP contribution in [0.5, 0.6) is 0 Å². The van der Waals surface area contributed by atoms with E-state index in [2.05, 4.69) is 10.5 Å². The van der Waals surface area contributed by atoms with Gasteiger partial charge in [-0.05, 0) is 26.8 Å². The summed E-state index contributed by atoms with van der Waals surface area (Å²) in [6, 6.07) is 5.74. The fourth-order valence-electron chi connectivity index (χ4n) is 2.20. The van der Waals surface area contributed by atoms with Gasteiger partial charge < -0.3 is 14.6 Å². The van der Waals surface area contributed by atoms with Crippen LogP contribution in [0.2, 0.25) is 0 Å². The average molecular weight is 393 g/mol. The minimum Gasteiger partial charge on any atom is -0.452 e. The summed E-state index contributed by atoms with van der Waals surface area (Å²) in [5.41, 5.74) is 1.50. The standard InChI is InChI=1S/C17H19N3O6S/c1-10-13(11(2)26-19-10)8-27-9-16(21)25-12(3)17(22)18-14-6-4-5-7-15(14)20(23)24/h4-7,12H,8-9H2,1-3H3,(H,18,22)/t12-/m1/s1. The summed E-state index contributed by atoms with van der Waals surface area (Å²) in [7, 11) is 0. The molecule has 10 heteroatoms. The van der Waals surface area contributed by atoms with E-state index in [9.17, 15) is 19.7 Å². The van der Waals surface area contributed by atoms with Crippen LogP contribution in [0, 0.1) is 24.0 Å². The molecule has 1 aromatic heterocycles. The zero-order chi connectivity index (χ0) is 20.0. The van der Waals surface area contributed by atoms with Crippen LogP contribution < -0.4 is 5.32 Å². The molecule has 0 aliphatic heterocycles. The van der Waals surface area contributed by atoms with Gasteiger partial charge in [-0.1, -0.05) is 17.3 Å². The van der Waals surface area contributed by atoms with Crippen LogP contribution >= 0.6 is 11.8 Å². The highest BCUT2D eigenvalue weighted by molar-refractivity contribution is 7.99. The van der Waals surface area contributed by atoms with E-state index in [0.29, 0.717) is 11.5 Å². The molecule has 0 radical (unpaired) electrons. The number of benzene rings is 1. The van der Waals surface area contributed by atoms with Gasteiger partial charge in [-0.25, -0.2) is 0 Å². The fourth-order valence-corrected chi connectivity index (χ4v) is 3.16. The summed E-state index contributed by atoms with van der Waals surface area (Å²) in [5.74, 6) is 0.0798. The highest BCUT2D eigenvalue weighted by atomic mass is 32.2. The van der Waals surface area contributed by atoms with E-state index in [-0.39, 0.29) is 17.1 Å². The number of carbonyl (C=O) groups excluding carboxylic acids is 2. The number of para-hydroxylation sites is 2. The second-order valence-corrected chi connectivity index (χ2v) is 6.68. The molecule has 27 heavy (non-hydrogen) atoms. The zero-order valence-corrected chi connectivity index (χ0v) is 15.9. The Hall–Kier alpha value is -2.88. The lowest BCUT2D eigenvalue weighted by atomic mass is 10.2. The van der Waals surface area contributed by atoms with Crippen LogP contribution in [-0.4, -0.2) is 33.8 Å². The van der Waals surface area contributed by atoms with Gasteiger partial charge in [0.2, 0.25) is 0 Å². The Labute approximate surface area is 159 Å². The minimum absolute atomic E-state index is 0.0446. The number of anilines is 1. The number of nitro benzene ring substituents is 1. The first-order chi connectivity index (χ1) is 12.8. The van der Waals surface area contributed by atoms with Gasteiger partial charge in [-0.2, -0.15) is 0 Å². The number of nitrogens with one attached hydrogen (secondary N) is 1. The molecular weight excluding hydrogens is 374 g/mol. The zero-order valence-electron chi connectivity index (χ0n) is 15.1. The molecule has 9 nitrogen and oxygen atoms in total. The van der Waals surface area contributed by atoms with Gasteiger partial charge in [0, 0.05) is 17.4 Å². The summed E-state index contributed by atoms with van der Waals surface area (Å²) >= 11 is 1.32. The number of hydrogen-bond donors (Lipinski definition) is 1. The maximum atomic E-state index is 12.1. The predicted molar refractivity (Wildman–Crippen MR) is 99.4 cm³/mol. The molecule has 0 bridgehead atoms. The lowest BCUT2D eigenvalue weighted by Gasteiger charge is -2.13. The summed E-state index contributed by atoms with van der Waals surface area (Å²) in [6.07, 6.45) is -1.09. The van der Waals surface area contributed by atoms with Crippen molar-refractivity contribution < 1.29 is 23.8 Å². The first-order valence-electron chi connectivity index (χ1n) is 8.02. The van der Waals surface area contributed by atoms with Crippen molar-refractivity contribution in [2.75, 3.05) is 11.1 Å². The third-order valence-electron chi connectivity index (χ3n) is 3.68. The van der Waals surface area contributed by atoms with E-state index < -0.39 is 22.9 Å². The first-order valence-corrected chi connectivity index (χ1v) is 9.18. The Morgan fingerprint density at radius 3 is 2.70 bits per heavy atom. The Morgan fingerprint density at radius 1 is 1.37 bits per heavy atom. The number of aromatic nitrogens is 1. The normalized spacial score (nSPS) is 11.7. The van der Waals surface area contributed by atoms with Crippen molar-refractivity contribution in [3.8, 4) is 0 Å². The van der Waals surface area contributed by atoms with E-state index in [1.165, 1.54) is 36.9 Å². The van der Waals surface area contributed by atoms with Crippen LogP contribution in [0.1, 0.15) is 23.9 Å².